The van der Waals surface area contributed by atoms with Crippen LogP contribution in [0.1, 0.15) is 21.7 Å². The first-order chi connectivity index (χ1) is 4.09. The van der Waals surface area contributed by atoms with Crippen LogP contribution in [0.25, 0.3) is 0 Å². The van der Waals surface area contributed by atoms with Gasteiger partial charge in [-0.15, -0.1) is 0 Å². The topological polar surface area (TPSA) is 63.3 Å². The van der Waals surface area contributed by atoms with Crippen LogP contribution in [0.5, 0.6) is 0 Å². The van der Waals surface area contributed by atoms with E-state index in [0.29, 0.717) is 0 Å². The molecule has 4 heteroatoms. The van der Waals surface area contributed by atoms with Gasteiger partial charge in [-0.2, -0.15) is 0 Å². The number of carbonyl (C=O) groups is 1. The molecule has 0 saturated heterocycles. The molecule has 0 amide bonds. The van der Waals surface area contributed by atoms with Gasteiger partial charge in [0.05, 0.1) is 0 Å². The van der Waals surface area contributed by atoms with Gasteiger partial charge in [-0.1, -0.05) is 20.3 Å². The summed E-state index contributed by atoms with van der Waals surface area (Å²) in [5, 5.41) is 8.36. The van der Waals surface area contributed by atoms with E-state index in [-0.39, 0.29) is 58.7 Å². The minimum atomic E-state index is -0.913. The van der Waals surface area contributed by atoms with E-state index >= 15 is 0 Å². The van der Waals surface area contributed by atoms with Crippen LogP contribution < -0.4 is 57.1 Å². The number of carboxylic acid groups (broad SMARTS) is 1. The predicted molar refractivity (Wildman–Crippen MR) is 36.2 cm³/mol. The Kier molecular flexibility index (Phi) is 9.22. The van der Waals surface area contributed by atoms with Gasteiger partial charge in [0.2, 0.25) is 0 Å². The minimum absolute atomic E-state index is 0. The summed E-state index contributed by atoms with van der Waals surface area (Å²) in [6, 6.07) is -0.699. The molecule has 0 aromatic carbocycles. The average Bonchev–Trinajstić information content (AvgIpc) is 1.84. The summed E-state index contributed by atoms with van der Waals surface area (Å²) < 4.78 is 0. The van der Waals surface area contributed by atoms with Crippen molar-refractivity contribution in [3.8, 4) is 0 Å². The molecule has 0 radical (unpaired) electrons. The van der Waals surface area contributed by atoms with E-state index in [0.717, 1.165) is 6.42 Å². The van der Waals surface area contributed by atoms with Crippen molar-refractivity contribution < 1.29 is 62.7 Å². The molecule has 2 atom stereocenters. The molecule has 0 aromatic rings. The van der Waals surface area contributed by atoms with Crippen LogP contribution in [0, 0.1) is 5.92 Å². The van der Waals surface area contributed by atoms with Crippen molar-refractivity contribution in [3.63, 3.8) is 0 Å². The number of aliphatic carboxylic acids is 1. The molecule has 0 bridgehead atoms. The summed E-state index contributed by atoms with van der Waals surface area (Å²) in [5.41, 5.74) is 5.27. The zero-order valence-corrected chi connectivity index (χ0v) is 9.92. The fourth-order valence-corrected chi connectivity index (χ4v) is 0.497. The maximum atomic E-state index is 10.2. The zero-order valence-electron chi connectivity index (χ0n) is 7.79. The molecule has 0 aliphatic carbocycles. The van der Waals surface area contributed by atoms with Gasteiger partial charge in [-0.05, 0) is 5.92 Å². The van der Waals surface area contributed by atoms with Crippen LogP contribution in [-0.4, -0.2) is 17.1 Å². The fraction of sp³-hybridized carbons (Fsp3) is 0.833. The van der Waals surface area contributed by atoms with Crippen LogP contribution in [0.4, 0.5) is 0 Å². The van der Waals surface area contributed by atoms with Gasteiger partial charge in [0, 0.05) is 0 Å². The van der Waals surface area contributed by atoms with Gasteiger partial charge in [-0.25, -0.2) is 0 Å². The summed E-state index contributed by atoms with van der Waals surface area (Å²) in [4.78, 5) is 10.2. The van der Waals surface area contributed by atoms with Gasteiger partial charge in [0.25, 0.3) is 0 Å². The third kappa shape index (κ3) is 4.82. The maximum Gasteiger partial charge on any atom is 1.00 e. The van der Waals surface area contributed by atoms with Crippen LogP contribution in [0.15, 0.2) is 0 Å². The Morgan fingerprint density at radius 1 is 1.80 bits per heavy atom. The second-order valence-corrected chi connectivity index (χ2v) is 2.25. The molecular formula is C6H14KNO2. The fourth-order valence-electron chi connectivity index (χ4n) is 0.497. The molecular weight excluding hydrogens is 157 g/mol. The molecule has 0 aromatic heterocycles. The molecule has 0 saturated carbocycles. The molecule has 0 fully saturated rings. The monoisotopic (exact) mass is 171 g/mol. The normalized spacial score (nSPS) is 15.1. The van der Waals surface area contributed by atoms with Crippen molar-refractivity contribution in [3.05, 3.63) is 0 Å². The average molecular weight is 171 g/mol. The van der Waals surface area contributed by atoms with Crippen LogP contribution >= 0.6 is 0 Å². The number of carboxylic acids is 1. The minimum Gasteiger partial charge on any atom is -1.00 e. The van der Waals surface area contributed by atoms with E-state index in [4.69, 9.17) is 10.8 Å². The molecule has 0 unspecified atom stereocenters. The largest absolute Gasteiger partial charge is 1.00 e. The van der Waals surface area contributed by atoms with Crippen molar-refractivity contribution in [2.75, 3.05) is 0 Å². The molecule has 3 N–H and O–H groups in total. The Balaban J connectivity index is -0.000000320. The quantitative estimate of drug-likeness (QED) is 0.464. The van der Waals surface area contributed by atoms with Crippen molar-refractivity contribution in [1.82, 2.24) is 0 Å². The smallest absolute Gasteiger partial charge is 1.00 e. The molecule has 0 spiro atoms. The Morgan fingerprint density at radius 3 is 2.30 bits per heavy atom. The molecule has 0 heterocycles. The molecule has 0 aliphatic heterocycles. The zero-order chi connectivity index (χ0) is 7.44. The maximum absolute atomic E-state index is 10.2. The summed E-state index contributed by atoms with van der Waals surface area (Å²) in [6.07, 6.45) is 0.813. The van der Waals surface area contributed by atoms with Gasteiger partial charge in [0.15, 0.2) is 0 Å². The van der Waals surface area contributed by atoms with E-state index in [1.165, 1.54) is 0 Å². The summed E-state index contributed by atoms with van der Waals surface area (Å²) >= 11 is 0. The molecule has 0 rings (SSSR count). The first-order valence-corrected chi connectivity index (χ1v) is 3.08. The molecule has 10 heavy (non-hydrogen) atoms. The molecule has 56 valence electrons. The Labute approximate surface area is 105 Å². The van der Waals surface area contributed by atoms with E-state index in [9.17, 15) is 4.79 Å². The van der Waals surface area contributed by atoms with Gasteiger partial charge < -0.3 is 12.3 Å². The van der Waals surface area contributed by atoms with Crippen molar-refractivity contribution in [2.45, 2.75) is 26.3 Å². The molecule has 0 aliphatic rings. The van der Waals surface area contributed by atoms with E-state index in [1.54, 1.807) is 0 Å². The van der Waals surface area contributed by atoms with Crippen LogP contribution in [0.2, 0.25) is 0 Å². The summed E-state index contributed by atoms with van der Waals surface area (Å²) in [5.74, 6) is -0.841. The van der Waals surface area contributed by atoms with E-state index in [2.05, 4.69) is 0 Å². The SMILES string of the molecule is CC[C@H](C)[C@H](N)C(=O)O.[H-].[K+]. The Bertz CT molecular complexity index is 113. The second kappa shape index (κ2) is 6.76. The number of rotatable bonds is 3. The third-order valence-corrected chi connectivity index (χ3v) is 1.54. The molecule has 3 nitrogen and oxygen atoms in total. The van der Waals surface area contributed by atoms with Gasteiger partial charge >= 0.3 is 57.4 Å². The number of hydrogen-bond donors (Lipinski definition) is 2. The predicted octanol–water partition coefficient (Wildman–Crippen LogP) is -2.44. The van der Waals surface area contributed by atoms with Crippen LogP contribution in [-0.2, 0) is 4.79 Å². The first kappa shape index (κ1) is 13.6. The van der Waals surface area contributed by atoms with Crippen molar-refractivity contribution in [2.24, 2.45) is 11.7 Å². The standard InChI is InChI=1S/C6H13NO2.K.H/c1-3-4(2)5(7)6(8)9;;/h4-5H,3,7H2,1-2H3,(H,8,9);;/q;+1;-1/t4-,5-;;/m0../s1. The van der Waals surface area contributed by atoms with E-state index in [1.807, 2.05) is 13.8 Å². The third-order valence-electron chi connectivity index (χ3n) is 1.54. The van der Waals surface area contributed by atoms with Crippen molar-refractivity contribution >= 4 is 5.97 Å². The van der Waals surface area contributed by atoms with Gasteiger partial charge in [-0.3, -0.25) is 4.79 Å². The van der Waals surface area contributed by atoms with E-state index < -0.39 is 12.0 Å². The first-order valence-electron chi connectivity index (χ1n) is 3.08. The van der Waals surface area contributed by atoms with Crippen molar-refractivity contribution in [1.29, 1.82) is 0 Å². The summed E-state index contributed by atoms with van der Waals surface area (Å²) in [7, 11) is 0. The summed E-state index contributed by atoms with van der Waals surface area (Å²) in [6.45, 7) is 3.76. The van der Waals surface area contributed by atoms with Crippen LogP contribution in [0.3, 0.4) is 0 Å². The van der Waals surface area contributed by atoms with Gasteiger partial charge in [0.1, 0.15) is 6.04 Å². The number of nitrogens with two attached hydrogens (primary N) is 1. The second-order valence-electron chi connectivity index (χ2n) is 2.25. The Hall–Kier alpha value is 1.07. The Morgan fingerprint density at radius 2 is 2.20 bits per heavy atom. The number of hydrogen-bond acceptors (Lipinski definition) is 2.